The lowest BCUT2D eigenvalue weighted by molar-refractivity contribution is -0.143. The second-order valence-corrected chi connectivity index (χ2v) is 7.06. The van der Waals surface area contributed by atoms with Crippen molar-refractivity contribution in [2.24, 2.45) is 0 Å². The summed E-state index contributed by atoms with van der Waals surface area (Å²) in [7, 11) is 1.33. The Balaban J connectivity index is 1.64. The molecule has 0 radical (unpaired) electrons. The molecule has 1 unspecified atom stereocenters. The van der Waals surface area contributed by atoms with Gasteiger partial charge in [-0.1, -0.05) is 48.5 Å². The number of carboxylic acids is 1. The number of methoxy groups -OCH3 is 1. The van der Waals surface area contributed by atoms with E-state index < -0.39 is 36.7 Å². The summed E-state index contributed by atoms with van der Waals surface area (Å²) >= 11 is 0. The highest BCUT2D eigenvalue weighted by Gasteiger charge is 2.30. The number of aliphatic carboxylic acids is 1. The number of fused-ring (bicyclic) bond motifs is 3. The second kappa shape index (κ2) is 10.1. The zero-order valence-corrected chi connectivity index (χ0v) is 16.9. The van der Waals surface area contributed by atoms with E-state index in [-0.39, 0.29) is 19.1 Å². The molecule has 9 nitrogen and oxygen atoms in total. The third kappa shape index (κ3) is 5.01. The van der Waals surface area contributed by atoms with Gasteiger partial charge in [-0.25, -0.2) is 9.59 Å². The standard InChI is InChI=1S/C22H24N2O7/c1-30-12-19(20(26)23-18(10-25)21(27)28)24-22(29)31-11-17-15-8-4-2-6-13(15)14-7-3-5-9-16(14)17/h2-9,17-19,25H,10-12H2,1H3,(H,23,26)(H,24,29)(H,27,28)/t18-,19?/m1/s1. The summed E-state index contributed by atoms with van der Waals surface area (Å²) in [5, 5.41) is 22.6. The van der Waals surface area contributed by atoms with Gasteiger partial charge in [0.1, 0.15) is 18.7 Å². The number of benzene rings is 2. The normalized spacial score (nSPS) is 14.1. The molecule has 31 heavy (non-hydrogen) atoms. The van der Waals surface area contributed by atoms with Crippen LogP contribution in [0.25, 0.3) is 11.1 Å². The molecule has 4 N–H and O–H groups in total. The Labute approximate surface area is 179 Å². The van der Waals surface area contributed by atoms with E-state index in [1.54, 1.807) is 0 Å². The summed E-state index contributed by atoms with van der Waals surface area (Å²) < 4.78 is 10.3. The van der Waals surface area contributed by atoms with Gasteiger partial charge in [-0.15, -0.1) is 0 Å². The average molecular weight is 428 g/mol. The maximum Gasteiger partial charge on any atom is 0.407 e. The van der Waals surface area contributed by atoms with Crippen LogP contribution in [0.4, 0.5) is 4.79 Å². The van der Waals surface area contributed by atoms with Crippen molar-refractivity contribution >= 4 is 18.0 Å². The van der Waals surface area contributed by atoms with Crippen LogP contribution in [0.1, 0.15) is 17.0 Å². The fraction of sp³-hybridized carbons (Fsp3) is 0.318. The minimum absolute atomic E-state index is 0.0651. The molecule has 9 heteroatoms. The number of ether oxygens (including phenoxy) is 2. The quantitative estimate of drug-likeness (QED) is 0.470. The minimum Gasteiger partial charge on any atom is -0.480 e. The Morgan fingerprint density at radius 1 is 0.968 bits per heavy atom. The van der Waals surface area contributed by atoms with E-state index in [0.29, 0.717) is 0 Å². The Morgan fingerprint density at radius 3 is 2.06 bits per heavy atom. The lowest BCUT2D eigenvalue weighted by Crippen LogP contribution is -2.54. The summed E-state index contributed by atoms with van der Waals surface area (Å²) in [5.74, 6) is -2.34. The van der Waals surface area contributed by atoms with Crippen LogP contribution >= 0.6 is 0 Å². The third-order valence-corrected chi connectivity index (χ3v) is 5.08. The molecule has 0 aromatic heterocycles. The highest BCUT2D eigenvalue weighted by atomic mass is 16.5. The molecule has 0 spiro atoms. The van der Waals surface area contributed by atoms with Gasteiger partial charge in [0.25, 0.3) is 0 Å². The first-order valence-electron chi connectivity index (χ1n) is 9.70. The predicted octanol–water partition coefficient (Wildman–Crippen LogP) is 1.10. The van der Waals surface area contributed by atoms with Crippen molar-refractivity contribution in [1.29, 1.82) is 0 Å². The van der Waals surface area contributed by atoms with Gasteiger partial charge < -0.3 is 30.3 Å². The van der Waals surface area contributed by atoms with Crippen LogP contribution in [0.5, 0.6) is 0 Å². The van der Waals surface area contributed by atoms with Gasteiger partial charge in [0.05, 0.1) is 13.2 Å². The number of carboxylic acid groups (broad SMARTS) is 1. The van der Waals surface area contributed by atoms with Gasteiger partial charge >= 0.3 is 12.1 Å². The number of rotatable bonds is 9. The maximum atomic E-state index is 12.4. The van der Waals surface area contributed by atoms with Gasteiger partial charge in [-0.05, 0) is 22.3 Å². The molecule has 3 rings (SSSR count). The fourth-order valence-electron chi connectivity index (χ4n) is 3.59. The number of aliphatic hydroxyl groups excluding tert-OH is 1. The molecule has 2 aromatic carbocycles. The Hall–Kier alpha value is -3.43. The molecule has 0 fully saturated rings. The Kier molecular flexibility index (Phi) is 7.22. The highest BCUT2D eigenvalue weighted by molar-refractivity contribution is 5.89. The topological polar surface area (TPSA) is 134 Å². The van der Waals surface area contributed by atoms with Crippen molar-refractivity contribution in [3.63, 3.8) is 0 Å². The maximum absolute atomic E-state index is 12.4. The van der Waals surface area contributed by atoms with Gasteiger partial charge in [0, 0.05) is 13.0 Å². The number of alkyl carbamates (subject to hydrolysis) is 1. The summed E-state index contributed by atoms with van der Waals surface area (Å²) in [4.78, 5) is 35.7. The van der Waals surface area contributed by atoms with E-state index in [2.05, 4.69) is 10.6 Å². The van der Waals surface area contributed by atoms with Crippen LogP contribution < -0.4 is 10.6 Å². The minimum atomic E-state index is -1.49. The molecule has 2 atom stereocenters. The lowest BCUT2D eigenvalue weighted by atomic mass is 9.98. The molecule has 2 aromatic rings. The summed E-state index contributed by atoms with van der Waals surface area (Å²) in [6, 6.07) is 13.1. The zero-order valence-electron chi connectivity index (χ0n) is 16.9. The van der Waals surface area contributed by atoms with Crippen LogP contribution in [0, 0.1) is 0 Å². The summed E-state index contributed by atoms with van der Waals surface area (Å²) in [6.07, 6.45) is -0.838. The molecule has 0 saturated heterocycles. The van der Waals surface area contributed by atoms with Crippen molar-refractivity contribution in [3.05, 3.63) is 59.7 Å². The highest BCUT2D eigenvalue weighted by Crippen LogP contribution is 2.44. The van der Waals surface area contributed by atoms with Crippen molar-refractivity contribution in [1.82, 2.24) is 10.6 Å². The summed E-state index contributed by atoms with van der Waals surface area (Å²) in [6.45, 7) is -0.922. The molecule has 0 heterocycles. The number of hydrogen-bond donors (Lipinski definition) is 4. The monoisotopic (exact) mass is 428 g/mol. The van der Waals surface area contributed by atoms with Crippen LogP contribution in [0.2, 0.25) is 0 Å². The van der Waals surface area contributed by atoms with Gasteiger partial charge in [0.15, 0.2) is 0 Å². The van der Waals surface area contributed by atoms with Crippen LogP contribution in [-0.4, -0.2) is 67.2 Å². The molecule has 2 amide bonds. The second-order valence-electron chi connectivity index (χ2n) is 7.06. The van der Waals surface area contributed by atoms with Crippen molar-refractivity contribution in [2.45, 2.75) is 18.0 Å². The Bertz CT molecular complexity index is 917. The first-order chi connectivity index (χ1) is 15.0. The number of nitrogens with one attached hydrogen (secondary N) is 2. The van der Waals surface area contributed by atoms with E-state index in [1.165, 1.54) is 7.11 Å². The fourth-order valence-corrected chi connectivity index (χ4v) is 3.59. The number of amides is 2. The van der Waals surface area contributed by atoms with Gasteiger partial charge in [-0.3, -0.25) is 4.79 Å². The first-order valence-corrected chi connectivity index (χ1v) is 9.70. The van der Waals surface area contributed by atoms with Crippen molar-refractivity contribution in [2.75, 3.05) is 26.9 Å². The molecule has 1 aliphatic carbocycles. The average Bonchev–Trinajstić information content (AvgIpc) is 3.09. The first kappa shape index (κ1) is 22.3. The zero-order chi connectivity index (χ0) is 22.4. The molecule has 164 valence electrons. The third-order valence-electron chi connectivity index (χ3n) is 5.08. The van der Waals surface area contributed by atoms with Gasteiger partial charge in [-0.2, -0.15) is 0 Å². The van der Waals surface area contributed by atoms with E-state index >= 15 is 0 Å². The largest absolute Gasteiger partial charge is 0.480 e. The molecular formula is C22H24N2O7. The molecule has 0 aliphatic heterocycles. The lowest BCUT2D eigenvalue weighted by Gasteiger charge is -2.20. The smallest absolute Gasteiger partial charge is 0.407 e. The number of hydrogen-bond acceptors (Lipinski definition) is 6. The number of carbonyl (C=O) groups excluding carboxylic acids is 2. The number of carbonyl (C=O) groups is 3. The van der Waals surface area contributed by atoms with Crippen LogP contribution in [0.3, 0.4) is 0 Å². The molecule has 0 bridgehead atoms. The van der Waals surface area contributed by atoms with E-state index in [9.17, 15) is 14.4 Å². The van der Waals surface area contributed by atoms with Crippen LogP contribution in [0.15, 0.2) is 48.5 Å². The summed E-state index contributed by atoms with van der Waals surface area (Å²) in [5.41, 5.74) is 4.28. The van der Waals surface area contributed by atoms with Gasteiger partial charge in [0.2, 0.25) is 5.91 Å². The van der Waals surface area contributed by atoms with Crippen molar-refractivity contribution in [3.8, 4) is 11.1 Å². The molecule has 1 aliphatic rings. The van der Waals surface area contributed by atoms with E-state index in [4.69, 9.17) is 19.7 Å². The van der Waals surface area contributed by atoms with E-state index in [0.717, 1.165) is 22.3 Å². The van der Waals surface area contributed by atoms with Crippen LogP contribution in [-0.2, 0) is 19.1 Å². The van der Waals surface area contributed by atoms with E-state index in [1.807, 2.05) is 48.5 Å². The SMILES string of the molecule is COCC(NC(=O)OCC1c2ccccc2-c2ccccc21)C(=O)N[C@H](CO)C(=O)O. The molecular weight excluding hydrogens is 404 g/mol. The molecule has 0 saturated carbocycles. The Morgan fingerprint density at radius 2 is 1.55 bits per heavy atom. The van der Waals surface area contributed by atoms with Crippen molar-refractivity contribution < 1.29 is 34.1 Å². The predicted molar refractivity (Wildman–Crippen MR) is 111 cm³/mol. The number of aliphatic hydroxyl groups is 1.